The van der Waals surface area contributed by atoms with Gasteiger partial charge in [0.1, 0.15) is 0 Å². The number of benzene rings is 1. The first kappa shape index (κ1) is 16.7. The topological polar surface area (TPSA) is 74.7 Å². The molecule has 0 amide bonds. The summed E-state index contributed by atoms with van der Waals surface area (Å²) in [7, 11) is -2.13. The molecule has 0 unspecified atom stereocenters. The van der Waals surface area contributed by atoms with Crippen LogP contribution in [0.2, 0.25) is 0 Å². The van der Waals surface area contributed by atoms with E-state index in [0.717, 1.165) is 6.42 Å². The summed E-state index contributed by atoms with van der Waals surface area (Å²) in [5.74, 6) is -0.718. The first-order chi connectivity index (χ1) is 9.16. The molecule has 1 aromatic rings. The van der Waals surface area contributed by atoms with E-state index < -0.39 is 16.0 Å². The molecule has 0 aliphatic carbocycles. The molecule has 0 saturated heterocycles. The lowest BCUT2D eigenvalue weighted by Crippen LogP contribution is -2.29. The average molecular weight is 299 g/mol. The molecule has 20 heavy (non-hydrogen) atoms. The van der Waals surface area contributed by atoms with Gasteiger partial charge in [-0.1, -0.05) is 19.9 Å². The number of carboxylic acids is 1. The summed E-state index contributed by atoms with van der Waals surface area (Å²) in [5, 5.41) is 9.06. The van der Waals surface area contributed by atoms with E-state index in [0.29, 0.717) is 18.0 Å². The van der Waals surface area contributed by atoms with Gasteiger partial charge in [0, 0.05) is 13.6 Å². The van der Waals surface area contributed by atoms with Gasteiger partial charge in [0.05, 0.1) is 10.5 Å². The van der Waals surface area contributed by atoms with Gasteiger partial charge in [-0.2, -0.15) is 0 Å². The van der Waals surface area contributed by atoms with Crippen LogP contribution in [0.4, 0.5) is 0 Å². The minimum absolute atomic E-state index is 0.0170. The summed E-state index contributed by atoms with van der Waals surface area (Å²) in [6.45, 7) is 6.10. The van der Waals surface area contributed by atoms with E-state index in [1.165, 1.54) is 29.6 Å². The van der Waals surface area contributed by atoms with E-state index in [9.17, 15) is 13.2 Å². The van der Waals surface area contributed by atoms with Crippen LogP contribution in [0.25, 0.3) is 0 Å². The minimum Gasteiger partial charge on any atom is -0.478 e. The van der Waals surface area contributed by atoms with Crippen molar-refractivity contribution in [1.82, 2.24) is 4.31 Å². The van der Waals surface area contributed by atoms with Gasteiger partial charge in [-0.05, 0) is 37.0 Å². The molecule has 0 radical (unpaired) electrons. The normalized spacial score (nSPS) is 12.1. The van der Waals surface area contributed by atoms with E-state index in [1.807, 2.05) is 13.8 Å². The standard InChI is InChI=1S/C14H21NO4S/c1-10(2)7-8-15(4)20(18,19)12-6-5-11(3)13(9-12)14(16)17/h5-6,9-10H,7-8H2,1-4H3,(H,16,17). The van der Waals surface area contributed by atoms with E-state index >= 15 is 0 Å². The maximum absolute atomic E-state index is 12.4. The third-order valence-electron chi connectivity index (χ3n) is 3.17. The molecule has 0 fully saturated rings. The van der Waals surface area contributed by atoms with Crippen LogP contribution >= 0.6 is 0 Å². The summed E-state index contributed by atoms with van der Waals surface area (Å²) in [6.07, 6.45) is 0.757. The zero-order valence-corrected chi connectivity index (χ0v) is 13.1. The highest BCUT2D eigenvalue weighted by Gasteiger charge is 2.22. The molecule has 0 heterocycles. The number of carbonyl (C=O) groups is 1. The Labute approximate surface area is 120 Å². The number of carboxylic acid groups (broad SMARTS) is 1. The van der Waals surface area contributed by atoms with Crippen molar-refractivity contribution in [2.24, 2.45) is 5.92 Å². The molecule has 0 aliphatic rings. The van der Waals surface area contributed by atoms with Gasteiger partial charge in [0.25, 0.3) is 0 Å². The predicted molar refractivity (Wildman–Crippen MR) is 77.4 cm³/mol. The lowest BCUT2D eigenvalue weighted by Gasteiger charge is -2.18. The maximum Gasteiger partial charge on any atom is 0.335 e. The fourth-order valence-corrected chi connectivity index (χ4v) is 2.94. The number of hydrogen-bond acceptors (Lipinski definition) is 3. The molecule has 1 rings (SSSR count). The molecular weight excluding hydrogens is 278 g/mol. The summed E-state index contributed by atoms with van der Waals surface area (Å²) < 4.78 is 26.0. The van der Waals surface area contributed by atoms with Crippen LogP contribution in [0.3, 0.4) is 0 Å². The van der Waals surface area contributed by atoms with Crippen molar-refractivity contribution in [3.05, 3.63) is 29.3 Å². The van der Waals surface area contributed by atoms with Crippen LogP contribution in [0.1, 0.15) is 36.2 Å². The monoisotopic (exact) mass is 299 g/mol. The zero-order valence-electron chi connectivity index (χ0n) is 12.3. The van der Waals surface area contributed by atoms with Gasteiger partial charge < -0.3 is 5.11 Å². The molecule has 6 heteroatoms. The van der Waals surface area contributed by atoms with Gasteiger partial charge in [0.15, 0.2) is 0 Å². The smallest absolute Gasteiger partial charge is 0.335 e. The molecule has 0 aliphatic heterocycles. The Morgan fingerprint density at radius 2 is 1.95 bits per heavy atom. The fourth-order valence-electron chi connectivity index (χ4n) is 1.73. The second kappa shape index (κ2) is 6.37. The Morgan fingerprint density at radius 1 is 1.35 bits per heavy atom. The van der Waals surface area contributed by atoms with Crippen molar-refractivity contribution >= 4 is 16.0 Å². The van der Waals surface area contributed by atoms with Crippen LogP contribution in [0.5, 0.6) is 0 Å². The van der Waals surface area contributed by atoms with Crippen molar-refractivity contribution in [3.8, 4) is 0 Å². The Kier molecular flexibility index (Phi) is 5.30. The summed E-state index contributed by atoms with van der Waals surface area (Å²) in [6, 6.07) is 4.19. The van der Waals surface area contributed by atoms with Crippen LogP contribution < -0.4 is 0 Å². The largest absolute Gasteiger partial charge is 0.478 e. The third kappa shape index (κ3) is 3.80. The van der Waals surface area contributed by atoms with Gasteiger partial charge in [0.2, 0.25) is 10.0 Å². The third-order valence-corrected chi connectivity index (χ3v) is 5.02. The summed E-state index contributed by atoms with van der Waals surface area (Å²) in [5.41, 5.74) is 0.560. The maximum atomic E-state index is 12.4. The molecule has 0 bridgehead atoms. The highest BCUT2D eigenvalue weighted by molar-refractivity contribution is 7.89. The minimum atomic E-state index is -3.64. The number of sulfonamides is 1. The number of aromatic carboxylic acids is 1. The number of nitrogens with zero attached hydrogens (tertiary/aromatic N) is 1. The van der Waals surface area contributed by atoms with Gasteiger partial charge >= 0.3 is 5.97 Å². The van der Waals surface area contributed by atoms with Crippen LogP contribution in [0.15, 0.2) is 23.1 Å². The molecule has 0 saturated carbocycles. The number of hydrogen-bond donors (Lipinski definition) is 1. The number of rotatable bonds is 6. The first-order valence-electron chi connectivity index (χ1n) is 6.46. The fraction of sp³-hybridized carbons (Fsp3) is 0.500. The molecular formula is C14H21NO4S. The van der Waals surface area contributed by atoms with Gasteiger partial charge in [-0.3, -0.25) is 0 Å². The van der Waals surface area contributed by atoms with E-state index in [-0.39, 0.29) is 10.5 Å². The second-order valence-electron chi connectivity index (χ2n) is 5.29. The van der Waals surface area contributed by atoms with Gasteiger partial charge in [-0.25, -0.2) is 17.5 Å². The molecule has 0 spiro atoms. The molecule has 112 valence electrons. The van der Waals surface area contributed by atoms with Crippen LogP contribution in [0, 0.1) is 12.8 Å². The molecule has 0 aromatic heterocycles. The van der Waals surface area contributed by atoms with E-state index in [1.54, 1.807) is 6.92 Å². The highest BCUT2D eigenvalue weighted by atomic mass is 32.2. The van der Waals surface area contributed by atoms with Crippen LogP contribution in [-0.2, 0) is 10.0 Å². The lowest BCUT2D eigenvalue weighted by molar-refractivity contribution is 0.0696. The number of aryl methyl sites for hydroxylation is 1. The Hall–Kier alpha value is -1.40. The van der Waals surface area contributed by atoms with Crippen LogP contribution in [-0.4, -0.2) is 37.4 Å². The summed E-state index contributed by atoms with van der Waals surface area (Å²) in [4.78, 5) is 11.1. The van der Waals surface area contributed by atoms with E-state index in [2.05, 4.69) is 0 Å². The Bertz CT molecular complexity index is 593. The predicted octanol–water partition coefficient (Wildman–Crippen LogP) is 2.36. The lowest BCUT2D eigenvalue weighted by atomic mass is 10.1. The van der Waals surface area contributed by atoms with Gasteiger partial charge in [-0.15, -0.1) is 0 Å². The van der Waals surface area contributed by atoms with E-state index in [4.69, 9.17) is 5.11 Å². The zero-order chi connectivity index (χ0) is 15.5. The molecule has 0 atom stereocenters. The molecule has 1 N–H and O–H groups in total. The Balaban J connectivity index is 3.09. The van der Waals surface area contributed by atoms with Crippen molar-refractivity contribution in [3.63, 3.8) is 0 Å². The Morgan fingerprint density at radius 3 is 2.45 bits per heavy atom. The second-order valence-corrected chi connectivity index (χ2v) is 7.34. The SMILES string of the molecule is Cc1ccc(S(=O)(=O)N(C)CCC(C)C)cc1C(=O)O. The molecule has 5 nitrogen and oxygen atoms in total. The van der Waals surface area contributed by atoms with Crippen molar-refractivity contribution in [2.45, 2.75) is 32.1 Å². The molecule has 1 aromatic carbocycles. The van der Waals surface area contributed by atoms with Crippen molar-refractivity contribution in [1.29, 1.82) is 0 Å². The average Bonchev–Trinajstić information content (AvgIpc) is 2.35. The highest BCUT2D eigenvalue weighted by Crippen LogP contribution is 2.19. The van der Waals surface area contributed by atoms with Crippen molar-refractivity contribution < 1.29 is 18.3 Å². The van der Waals surface area contributed by atoms with Crippen molar-refractivity contribution in [2.75, 3.05) is 13.6 Å². The summed E-state index contributed by atoms with van der Waals surface area (Å²) >= 11 is 0. The first-order valence-corrected chi connectivity index (χ1v) is 7.90. The quantitative estimate of drug-likeness (QED) is 0.875.